The van der Waals surface area contributed by atoms with Crippen LogP contribution in [0.3, 0.4) is 0 Å². The Morgan fingerprint density at radius 3 is 2.44 bits per heavy atom. The molecule has 0 aliphatic rings. The summed E-state index contributed by atoms with van der Waals surface area (Å²) >= 11 is 6.12. The molecule has 0 bridgehead atoms. The first-order valence-electron chi connectivity index (χ1n) is 8.07. The number of nitrogens with one attached hydrogen (secondary N) is 1. The second-order valence-electron chi connectivity index (χ2n) is 6.04. The second kappa shape index (κ2) is 7.56. The Hall–Kier alpha value is -2.61. The van der Waals surface area contributed by atoms with Gasteiger partial charge in [0.25, 0.3) is 0 Å². The van der Waals surface area contributed by atoms with Crippen molar-refractivity contribution < 1.29 is 18.3 Å². The number of hydrogen-bond acceptors (Lipinski definition) is 4. The van der Waals surface area contributed by atoms with Gasteiger partial charge in [-0.3, -0.25) is 0 Å². The number of sulfonamides is 1. The van der Waals surface area contributed by atoms with E-state index in [0.29, 0.717) is 13.0 Å². The predicted molar refractivity (Wildman–Crippen MR) is 106 cm³/mol. The Labute approximate surface area is 161 Å². The molecule has 0 unspecified atom stereocenters. The third kappa shape index (κ3) is 4.39. The fourth-order valence-electron chi connectivity index (χ4n) is 2.79. The maximum absolute atomic E-state index is 11.7. The highest BCUT2D eigenvalue weighted by Crippen LogP contribution is 2.30. The predicted octanol–water partition coefficient (Wildman–Crippen LogP) is 3.49. The monoisotopic (exact) mass is 404 g/mol. The Morgan fingerprint density at radius 2 is 1.78 bits per heavy atom. The Morgan fingerprint density at radius 1 is 1.07 bits per heavy atom. The van der Waals surface area contributed by atoms with Gasteiger partial charge in [-0.15, -0.1) is 0 Å². The number of primary sulfonamides is 1. The van der Waals surface area contributed by atoms with Crippen LogP contribution in [0.25, 0.3) is 10.8 Å². The van der Waals surface area contributed by atoms with Gasteiger partial charge in [-0.25, -0.2) is 18.4 Å². The molecule has 0 spiro atoms. The molecule has 0 aliphatic carbocycles. The molecule has 140 valence electrons. The van der Waals surface area contributed by atoms with E-state index in [0.717, 1.165) is 22.4 Å². The summed E-state index contributed by atoms with van der Waals surface area (Å²) in [5, 5.41) is 19.5. The van der Waals surface area contributed by atoms with E-state index in [1.807, 2.05) is 36.4 Å². The van der Waals surface area contributed by atoms with Gasteiger partial charge >= 0.3 is 5.97 Å². The van der Waals surface area contributed by atoms with Gasteiger partial charge in [0.15, 0.2) is 0 Å². The minimum atomic E-state index is -4.15. The van der Waals surface area contributed by atoms with Crippen molar-refractivity contribution in [3.05, 3.63) is 70.7 Å². The molecule has 0 saturated carbocycles. The molecule has 8 heteroatoms. The molecule has 0 radical (unpaired) electrons. The van der Waals surface area contributed by atoms with Gasteiger partial charge in [0, 0.05) is 6.54 Å². The van der Waals surface area contributed by atoms with Crippen LogP contribution in [-0.4, -0.2) is 26.0 Å². The molecule has 0 atom stereocenters. The van der Waals surface area contributed by atoms with Gasteiger partial charge in [-0.1, -0.05) is 54.1 Å². The molecule has 27 heavy (non-hydrogen) atoms. The smallest absolute Gasteiger partial charge is 0.335 e. The van der Waals surface area contributed by atoms with Crippen molar-refractivity contribution >= 4 is 44.1 Å². The Kier molecular flexibility index (Phi) is 5.36. The van der Waals surface area contributed by atoms with E-state index in [-0.39, 0.29) is 16.3 Å². The number of nitrogens with two attached hydrogens (primary N) is 1. The molecule has 0 fully saturated rings. The number of halogens is 1. The van der Waals surface area contributed by atoms with Crippen LogP contribution < -0.4 is 10.5 Å². The maximum atomic E-state index is 11.7. The lowest BCUT2D eigenvalue weighted by atomic mass is 10.1. The summed E-state index contributed by atoms with van der Waals surface area (Å²) in [6.45, 7) is 0.436. The van der Waals surface area contributed by atoms with Crippen LogP contribution in [0, 0.1) is 0 Å². The van der Waals surface area contributed by atoms with Crippen LogP contribution >= 0.6 is 11.6 Å². The first kappa shape index (κ1) is 19.2. The average Bonchev–Trinajstić information content (AvgIpc) is 2.61. The fraction of sp³-hybridized carbons (Fsp3) is 0.105. The number of carboxylic acid groups (broad SMARTS) is 1. The normalized spacial score (nSPS) is 11.5. The summed E-state index contributed by atoms with van der Waals surface area (Å²) in [7, 11) is -4.15. The maximum Gasteiger partial charge on any atom is 0.335 e. The molecule has 0 aliphatic heterocycles. The lowest BCUT2D eigenvalue weighted by Gasteiger charge is -2.13. The summed E-state index contributed by atoms with van der Waals surface area (Å²) in [4.78, 5) is 10.8. The Balaban J connectivity index is 1.82. The zero-order valence-corrected chi connectivity index (χ0v) is 15.7. The zero-order valence-electron chi connectivity index (χ0n) is 14.1. The lowest BCUT2D eigenvalue weighted by Crippen LogP contribution is -2.15. The molecular weight excluding hydrogens is 388 g/mol. The van der Waals surface area contributed by atoms with Crippen molar-refractivity contribution in [3.63, 3.8) is 0 Å². The molecule has 3 aromatic carbocycles. The summed E-state index contributed by atoms with van der Waals surface area (Å²) in [6, 6.07) is 16.4. The van der Waals surface area contributed by atoms with Crippen molar-refractivity contribution in [2.45, 2.75) is 11.3 Å². The molecule has 0 aromatic heterocycles. The number of anilines is 1. The lowest BCUT2D eigenvalue weighted by molar-refractivity contribution is 0.0696. The highest BCUT2D eigenvalue weighted by Gasteiger charge is 2.20. The van der Waals surface area contributed by atoms with Crippen LogP contribution in [0.15, 0.2) is 59.5 Å². The average molecular weight is 405 g/mol. The van der Waals surface area contributed by atoms with Gasteiger partial charge in [0.05, 0.1) is 16.3 Å². The SMILES string of the molecule is NS(=O)(=O)c1cc(C(=O)O)cc(NCCc2ccc3ccccc3c2)c1Cl. The number of hydrogen-bond donors (Lipinski definition) is 3. The number of carboxylic acids is 1. The van der Waals surface area contributed by atoms with Crippen molar-refractivity contribution in [2.75, 3.05) is 11.9 Å². The van der Waals surface area contributed by atoms with Crippen molar-refractivity contribution in [3.8, 4) is 0 Å². The standard InChI is InChI=1S/C19H17ClN2O4S/c20-18-16(10-15(19(23)24)11-17(18)27(21,25)26)22-8-7-12-5-6-13-3-1-2-4-14(13)9-12/h1-6,9-11,22H,7-8H2,(H,23,24)(H2,21,25,26). The van der Waals surface area contributed by atoms with Gasteiger partial charge < -0.3 is 10.4 Å². The number of aromatic carboxylic acids is 1. The zero-order chi connectivity index (χ0) is 19.6. The van der Waals surface area contributed by atoms with E-state index in [2.05, 4.69) is 11.4 Å². The van der Waals surface area contributed by atoms with E-state index in [9.17, 15) is 18.3 Å². The van der Waals surface area contributed by atoms with Crippen LogP contribution in [0.1, 0.15) is 15.9 Å². The third-order valence-electron chi connectivity index (χ3n) is 4.14. The van der Waals surface area contributed by atoms with Crippen molar-refractivity contribution in [1.29, 1.82) is 0 Å². The molecule has 0 heterocycles. The first-order chi connectivity index (χ1) is 12.8. The molecule has 3 rings (SSSR count). The number of carbonyl (C=O) groups is 1. The first-order valence-corrected chi connectivity index (χ1v) is 9.99. The highest BCUT2D eigenvalue weighted by molar-refractivity contribution is 7.89. The number of rotatable bonds is 6. The molecule has 3 aromatic rings. The second-order valence-corrected chi connectivity index (χ2v) is 7.95. The number of benzene rings is 3. The molecule has 0 saturated heterocycles. The largest absolute Gasteiger partial charge is 0.478 e. The highest BCUT2D eigenvalue weighted by atomic mass is 35.5. The summed E-state index contributed by atoms with van der Waals surface area (Å²) < 4.78 is 23.3. The van der Waals surface area contributed by atoms with Gasteiger partial charge in [0.2, 0.25) is 10.0 Å². The van der Waals surface area contributed by atoms with E-state index in [1.54, 1.807) is 0 Å². The Bertz CT molecular complexity index is 1130. The van der Waals surface area contributed by atoms with Crippen molar-refractivity contribution in [2.24, 2.45) is 5.14 Å². The van der Waals surface area contributed by atoms with Crippen molar-refractivity contribution in [1.82, 2.24) is 0 Å². The van der Waals surface area contributed by atoms with E-state index in [4.69, 9.17) is 16.7 Å². The van der Waals surface area contributed by atoms with Gasteiger partial charge in [-0.05, 0) is 34.9 Å². The fourth-order valence-corrected chi connectivity index (χ4v) is 3.94. The van der Waals surface area contributed by atoms with Crippen LogP contribution in [0.2, 0.25) is 5.02 Å². The van der Waals surface area contributed by atoms with Gasteiger partial charge in [0.1, 0.15) is 4.90 Å². The summed E-state index contributed by atoms with van der Waals surface area (Å²) in [5.41, 5.74) is 1.08. The minimum Gasteiger partial charge on any atom is -0.478 e. The molecular formula is C19H17ClN2O4S. The summed E-state index contributed by atoms with van der Waals surface area (Å²) in [5.74, 6) is -1.27. The van der Waals surface area contributed by atoms with Gasteiger partial charge in [-0.2, -0.15) is 0 Å². The quantitative estimate of drug-likeness (QED) is 0.582. The molecule has 4 N–H and O–H groups in total. The molecule has 0 amide bonds. The summed E-state index contributed by atoms with van der Waals surface area (Å²) in [6.07, 6.45) is 0.642. The van der Waals surface area contributed by atoms with Crippen LogP contribution in [0.5, 0.6) is 0 Å². The van der Waals surface area contributed by atoms with E-state index < -0.39 is 20.9 Å². The van der Waals surface area contributed by atoms with Crippen LogP contribution in [0.4, 0.5) is 5.69 Å². The third-order valence-corrected chi connectivity index (χ3v) is 5.59. The number of fused-ring (bicyclic) bond motifs is 1. The molecule has 6 nitrogen and oxygen atoms in total. The minimum absolute atomic E-state index is 0.124. The topological polar surface area (TPSA) is 109 Å². The van der Waals surface area contributed by atoms with E-state index in [1.165, 1.54) is 6.07 Å². The van der Waals surface area contributed by atoms with E-state index >= 15 is 0 Å². The van der Waals surface area contributed by atoms with Crippen LogP contribution in [-0.2, 0) is 16.4 Å².